The van der Waals surface area contributed by atoms with E-state index in [1.165, 1.54) is 0 Å². The van der Waals surface area contributed by atoms with Crippen molar-refractivity contribution in [2.45, 2.75) is 38.4 Å². The first kappa shape index (κ1) is 19.5. The van der Waals surface area contributed by atoms with Crippen LogP contribution >= 0.6 is 0 Å². The van der Waals surface area contributed by atoms with Gasteiger partial charge in [-0.2, -0.15) is 4.98 Å². The zero-order chi connectivity index (χ0) is 20.1. The summed E-state index contributed by atoms with van der Waals surface area (Å²) in [6, 6.07) is 7.99. The molecule has 0 saturated carbocycles. The van der Waals surface area contributed by atoms with Crippen LogP contribution < -0.4 is 0 Å². The minimum atomic E-state index is -3.32. The van der Waals surface area contributed by atoms with E-state index in [1.807, 2.05) is 31.2 Å². The molecule has 2 atom stereocenters. The number of aryl methyl sites for hydroxylation is 1. The third kappa shape index (κ3) is 3.27. The minimum absolute atomic E-state index is 0.0861. The first-order valence-electron chi connectivity index (χ1n) is 9.79. The summed E-state index contributed by atoms with van der Waals surface area (Å²) in [5.74, 6) is 1.02. The average molecular weight is 405 g/mol. The molecule has 0 amide bonds. The van der Waals surface area contributed by atoms with Gasteiger partial charge in [0, 0.05) is 30.6 Å². The van der Waals surface area contributed by atoms with Gasteiger partial charge in [-0.3, -0.25) is 0 Å². The number of hydrogen-bond donors (Lipinski definition) is 0. The summed E-state index contributed by atoms with van der Waals surface area (Å²) in [4.78, 5) is 6.95. The van der Waals surface area contributed by atoms with Crippen molar-refractivity contribution < 1.29 is 12.9 Å². The second kappa shape index (κ2) is 6.93. The van der Waals surface area contributed by atoms with Crippen LogP contribution in [-0.2, 0) is 10.0 Å². The van der Waals surface area contributed by atoms with Crippen LogP contribution in [0.3, 0.4) is 0 Å². The Morgan fingerprint density at radius 3 is 2.71 bits per heavy atom. The molecule has 2 aliphatic heterocycles. The van der Waals surface area contributed by atoms with Gasteiger partial charge in [-0.25, -0.2) is 12.7 Å². The summed E-state index contributed by atoms with van der Waals surface area (Å²) in [6.07, 6.45) is 0.931. The molecule has 28 heavy (non-hydrogen) atoms. The van der Waals surface area contributed by atoms with Crippen LogP contribution in [0.2, 0.25) is 0 Å². The lowest BCUT2D eigenvalue weighted by molar-refractivity contribution is 0.234. The van der Waals surface area contributed by atoms with Crippen molar-refractivity contribution in [1.82, 2.24) is 19.3 Å². The fourth-order valence-corrected chi connectivity index (χ4v) is 5.95. The first-order chi connectivity index (χ1) is 13.2. The number of benzene rings is 1. The first-order valence-corrected chi connectivity index (χ1v) is 11.3. The van der Waals surface area contributed by atoms with Crippen LogP contribution in [0, 0.1) is 12.3 Å². The third-order valence-corrected chi connectivity index (χ3v) is 8.35. The molecule has 2 fully saturated rings. The van der Waals surface area contributed by atoms with Gasteiger partial charge in [-0.1, -0.05) is 28.9 Å². The highest BCUT2D eigenvalue weighted by molar-refractivity contribution is 7.89. The largest absolute Gasteiger partial charge is 0.339 e. The fraction of sp³-hybridized carbons (Fsp3) is 0.600. The second-order valence-corrected chi connectivity index (χ2v) is 11.1. The predicted molar refractivity (Wildman–Crippen MR) is 107 cm³/mol. The molecule has 3 heterocycles. The molecule has 7 nitrogen and oxygen atoms in total. The molecule has 152 valence electrons. The molecule has 0 N–H and O–H groups in total. The van der Waals surface area contributed by atoms with Crippen LogP contribution in [-0.4, -0.2) is 66.2 Å². The molecule has 2 aromatic rings. The summed E-state index contributed by atoms with van der Waals surface area (Å²) in [5.41, 5.74) is 1.87. The van der Waals surface area contributed by atoms with Crippen molar-refractivity contribution >= 4 is 10.0 Å². The Balaban J connectivity index is 1.69. The quantitative estimate of drug-likeness (QED) is 0.779. The smallest absolute Gasteiger partial charge is 0.232 e. The molecule has 0 aliphatic carbocycles. The van der Waals surface area contributed by atoms with Gasteiger partial charge in [0.2, 0.25) is 21.7 Å². The summed E-state index contributed by atoms with van der Waals surface area (Å²) < 4.78 is 33.0. The molecule has 2 saturated heterocycles. The van der Waals surface area contributed by atoms with Crippen molar-refractivity contribution in [3.05, 3.63) is 35.7 Å². The maximum atomic E-state index is 12.8. The summed E-state index contributed by atoms with van der Waals surface area (Å²) >= 11 is 0. The zero-order valence-electron chi connectivity index (χ0n) is 16.9. The Bertz CT molecular complexity index is 971. The van der Waals surface area contributed by atoms with Gasteiger partial charge in [-0.15, -0.1) is 0 Å². The Hall–Kier alpha value is -1.77. The molecular weight excluding hydrogens is 376 g/mol. The number of aromatic nitrogens is 2. The van der Waals surface area contributed by atoms with Gasteiger partial charge in [0.05, 0.1) is 11.2 Å². The van der Waals surface area contributed by atoms with Gasteiger partial charge < -0.3 is 9.42 Å². The normalized spacial score (nSPS) is 26.7. The maximum Gasteiger partial charge on any atom is 0.232 e. The van der Waals surface area contributed by atoms with Crippen molar-refractivity contribution in [3.63, 3.8) is 0 Å². The maximum absolute atomic E-state index is 12.8. The molecule has 4 rings (SSSR count). The van der Waals surface area contributed by atoms with E-state index in [2.05, 4.69) is 17.1 Å². The Morgan fingerprint density at radius 2 is 2.07 bits per heavy atom. The Morgan fingerprint density at radius 1 is 1.29 bits per heavy atom. The lowest BCUT2D eigenvalue weighted by Crippen LogP contribution is -2.37. The molecule has 0 bridgehead atoms. The van der Waals surface area contributed by atoms with E-state index >= 15 is 0 Å². The minimum Gasteiger partial charge on any atom is -0.339 e. The summed E-state index contributed by atoms with van der Waals surface area (Å²) in [7, 11) is -1.24. The predicted octanol–water partition coefficient (Wildman–Crippen LogP) is 2.50. The van der Waals surface area contributed by atoms with Crippen molar-refractivity contribution in [2.24, 2.45) is 5.41 Å². The van der Waals surface area contributed by atoms with E-state index in [9.17, 15) is 8.42 Å². The van der Waals surface area contributed by atoms with Gasteiger partial charge in [-0.05, 0) is 46.9 Å². The monoisotopic (exact) mass is 404 g/mol. The second-order valence-electron chi connectivity index (χ2n) is 8.61. The van der Waals surface area contributed by atoms with Crippen molar-refractivity contribution in [2.75, 3.05) is 33.2 Å². The van der Waals surface area contributed by atoms with Crippen LogP contribution in [0.5, 0.6) is 0 Å². The lowest BCUT2D eigenvalue weighted by atomic mass is 9.77. The number of sulfonamides is 1. The Labute approximate surface area is 166 Å². The van der Waals surface area contributed by atoms with E-state index in [0.717, 1.165) is 30.6 Å². The SMILES string of the molecule is Cc1cccc(-c2noc([C@@H]3CN(S(=O)(=O)C(C)C)C[C@@]34CCN(C)C4)n2)c1. The van der Waals surface area contributed by atoms with Crippen LogP contribution in [0.25, 0.3) is 11.4 Å². The van der Waals surface area contributed by atoms with E-state index in [0.29, 0.717) is 24.8 Å². The third-order valence-electron chi connectivity index (χ3n) is 6.16. The molecule has 2 aliphatic rings. The van der Waals surface area contributed by atoms with E-state index in [1.54, 1.807) is 18.2 Å². The fourth-order valence-electron chi connectivity index (χ4n) is 4.56. The molecule has 1 aromatic carbocycles. The van der Waals surface area contributed by atoms with Gasteiger partial charge in [0.25, 0.3) is 0 Å². The van der Waals surface area contributed by atoms with E-state index in [4.69, 9.17) is 9.51 Å². The van der Waals surface area contributed by atoms with Crippen molar-refractivity contribution in [1.29, 1.82) is 0 Å². The molecule has 0 radical (unpaired) electrons. The number of rotatable bonds is 4. The van der Waals surface area contributed by atoms with Gasteiger partial charge in [0.15, 0.2) is 0 Å². The molecule has 1 spiro atoms. The molecular formula is C20H28N4O3S. The highest BCUT2D eigenvalue weighted by atomic mass is 32.2. The topological polar surface area (TPSA) is 79.5 Å². The number of likely N-dealkylation sites (tertiary alicyclic amines) is 1. The van der Waals surface area contributed by atoms with E-state index < -0.39 is 15.3 Å². The Kier molecular flexibility index (Phi) is 4.84. The summed E-state index contributed by atoms with van der Waals surface area (Å²) in [6.45, 7) is 8.21. The number of nitrogens with zero attached hydrogens (tertiary/aromatic N) is 4. The average Bonchev–Trinajstić information content (AvgIpc) is 3.34. The van der Waals surface area contributed by atoms with Crippen molar-refractivity contribution in [3.8, 4) is 11.4 Å². The van der Waals surface area contributed by atoms with E-state index in [-0.39, 0.29) is 11.3 Å². The zero-order valence-corrected chi connectivity index (χ0v) is 17.7. The lowest BCUT2D eigenvalue weighted by Gasteiger charge is -2.27. The summed E-state index contributed by atoms with van der Waals surface area (Å²) in [5, 5.41) is 3.76. The van der Waals surface area contributed by atoms with Crippen LogP contribution in [0.15, 0.2) is 28.8 Å². The molecule has 8 heteroatoms. The number of hydrogen-bond acceptors (Lipinski definition) is 6. The van der Waals surface area contributed by atoms with Gasteiger partial charge >= 0.3 is 0 Å². The van der Waals surface area contributed by atoms with Crippen LogP contribution in [0.1, 0.15) is 37.6 Å². The molecule has 1 aromatic heterocycles. The van der Waals surface area contributed by atoms with Crippen LogP contribution in [0.4, 0.5) is 0 Å². The molecule has 0 unspecified atom stereocenters. The van der Waals surface area contributed by atoms with Gasteiger partial charge in [0.1, 0.15) is 0 Å². The highest BCUT2D eigenvalue weighted by Crippen LogP contribution is 2.49. The highest BCUT2D eigenvalue weighted by Gasteiger charge is 2.55. The standard InChI is InChI=1S/C20H28N4O3S/c1-14(2)28(25,26)24-11-17(20(13-24)8-9-23(4)12-20)19-21-18(22-27-19)16-7-5-6-15(3)10-16/h5-7,10,14,17H,8-9,11-13H2,1-4H3/t17-,20-/m0/s1.